The van der Waals surface area contributed by atoms with Crippen LogP contribution in [0.1, 0.15) is 78.4 Å². The molecule has 0 aliphatic heterocycles. The molecule has 3 rings (SSSR count). The summed E-state index contributed by atoms with van der Waals surface area (Å²) in [6.45, 7) is 5.89. The van der Waals surface area contributed by atoms with E-state index in [1.807, 2.05) is 19.9 Å². The van der Waals surface area contributed by atoms with Gasteiger partial charge in [0.05, 0.1) is 16.5 Å². The summed E-state index contributed by atoms with van der Waals surface area (Å²) in [7, 11) is -3.78. The van der Waals surface area contributed by atoms with Crippen molar-refractivity contribution in [1.82, 2.24) is 9.88 Å². The van der Waals surface area contributed by atoms with Gasteiger partial charge in [-0.05, 0) is 57.4 Å². The van der Waals surface area contributed by atoms with Crippen molar-refractivity contribution < 1.29 is 13.2 Å². The highest BCUT2D eigenvalue weighted by atomic mass is 32.2. The monoisotopic (exact) mass is 403 g/mol. The molecule has 1 saturated carbocycles. The summed E-state index contributed by atoms with van der Waals surface area (Å²) in [4.78, 5) is 13.0. The molecule has 1 fully saturated rings. The molecule has 28 heavy (non-hydrogen) atoms. The molecule has 0 saturated heterocycles. The zero-order valence-electron chi connectivity index (χ0n) is 16.7. The molecule has 6 nitrogen and oxygen atoms in total. The fraction of sp³-hybridized carbons (Fsp3) is 0.476. The summed E-state index contributed by atoms with van der Waals surface area (Å²) in [5, 5.41) is 8.20. The van der Waals surface area contributed by atoms with Crippen molar-refractivity contribution in [3.05, 3.63) is 52.8 Å². The van der Waals surface area contributed by atoms with Gasteiger partial charge in [-0.2, -0.15) is 0 Å². The number of aromatic nitrogens is 1. The first-order chi connectivity index (χ1) is 13.2. The Morgan fingerprint density at radius 2 is 1.86 bits per heavy atom. The van der Waals surface area contributed by atoms with E-state index in [9.17, 15) is 13.2 Å². The molecule has 1 heterocycles. The van der Waals surface area contributed by atoms with E-state index in [1.54, 1.807) is 12.1 Å². The molecule has 1 aliphatic rings. The van der Waals surface area contributed by atoms with Crippen molar-refractivity contribution in [3.8, 4) is 0 Å². The first-order valence-corrected chi connectivity index (χ1v) is 11.3. The summed E-state index contributed by atoms with van der Waals surface area (Å²) in [5.41, 5.74) is 3.48. The molecule has 1 amide bonds. The first-order valence-electron chi connectivity index (χ1n) is 9.80. The summed E-state index contributed by atoms with van der Waals surface area (Å²) in [6.07, 6.45) is 6.09. The lowest BCUT2D eigenvalue weighted by Gasteiger charge is -2.26. The number of hydrogen-bond donors (Lipinski definition) is 2. The number of sulfonamides is 1. The van der Waals surface area contributed by atoms with E-state index in [0.29, 0.717) is 17.2 Å². The molecule has 1 unspecified atom stereocenters. The fourth-order valence-corrected chi connectivity index (χ4v) is 4.80. The first kappa shape index (κ1) is 20.6. The second kappa shape index (κ2) is 8.09. The third-order valence-electron chi connectivity index (χ3n) is 5.70. The van der Waals surface area contributed by atoms with Gasteiger partial charge in [-0.3, -0.25) is 4.79 Å². The summed E-state index contributed by atoms with van der Waals surface area (Å²) in [5.74, 6) is -0.149. The van der Waals surface area contributed by atoms with Crippen molar-refractivity contribution in [2.24, 2.45) is 5.14 Å². The van der Waals surface area contributed by atoms with Crippen LogP contribution in [0.5, 0.6) is 0 Å². The molecular formula is C21H29N3O3S. The second-order valence-corrected chi connectivity index (χ2v) is 9.32. The van der Waals surface area contributed by atoms with Gasteiger partial charge in [0.15, 0.2) is 0 Å². The van der Waals surface area contributed by atoms with Crippen molar-refractivity contribution >= 4 is 15.9 Å². The third-order valence-corrected chi connectivity index (χ3v) is 6.61. The number of hydrogen-bond acceptors (Lipinski definition) is 3. The highest BCUT2D eigenvalue weighted by molar-refractivity contribution is 7.89. The maximum Gasteiger partial charge on any atom is 0.253 e. The number of carbonyl (C=O) groups is 1. The van der Waals surface area contributed by atoms with E-state index in [2.05, 4.69) is 16.8 Å². The quantitative estimate of drug-likeness (QED) is 0.796. The van der Waals surface area contributed by atoms with Gasteiger partial charge in [0.25, 0.3) is 5.91 Å². The van der Waals surface area contributed by atoms with E-state index < -0.39 is 10.0 Å². The van der Waals surface area contributed by atoms with Gasteiger partial charge in [-0.25, -0.2) is 13.6 Å². The molecule has 0 bridgehead atoms. The lowest BCUT2D eigenvalue weighted by atomic mass is 9.95. The molecule has 3 N–H and O–H groups in total. The standard InChI is InChI=1S/C21H29N3O3S/c1-14-12-20(16(3)24(14)18-9-5-4-6-10-18)21(25)23-15(2)17-8-7-11-19(13-17)28(22,26)27/h7-8,11-13,15,18H,4-6,9-10H2,1-3H3,(H,23,25)(H2,22,26,27). The summed E-state index contributed by atoms with van der Waals surface area (Å²) in [6, 6.07) is 8.45. The van der Waals surface area contributed by atoms with Crippen LogP contribution in [0, 0.1) is 13.8 Å². The summed E-state index contributed by atoms with van der Waals surface area (Å²) < 4.78 is 25.5. The number of primary sulfonamides is 1. The van der Waals surface area contributed by atoms with Gasteiger partial charge in [-0.15, -0.1) is 0 Å². The normalized spacial score (nSPS) is 16.7. The SMILES string of the molecule is Cc1cc(C(=O)NC(C)c2cccc(S(N)(=O)=O)c2)c(C)n1C1CCCCC1. The molecule has 7 heteroatoms. The van der Waals surface area contributed by atoms with Crippen molar-refractivity contribution in [3.63, 3.8) is 0 Å². The van der Waals surface area contributed by atoms with Crippen molar-refractivity contribution in [2.75, 3.05) is 0 Å². The predicted molar refractivity (Wildman–Crippen MR) is 110 cm³/mol. The number of benzene rings is 1. The molecule has 1 aromatic heterocycles. The Morgan fingerprint density at radius 1 is 1.18 bits per heavy atom. The molecule has 0 radical (unpaired) electrons. The number of carbonyl (C=O) groups excluding carboxylic acids is 1. The van der Waals surface area contributed by atoms with Crippen molar-refractivity contribution in [1.29, 1.82) is 0 Å². The van der Waals surface area contributed by atoms with E-state index >= 15 is 0 Å². The van der Waals surface area contributed by atoms with Crippen LogP contribution in [0.15, 0.2) is 35.2 Å². The number of nitrogens with one attached hydrogen (secondary N) is 1. The molecule has 0 spiro atoms. The van der Waals surface area contributed by atoms with Crippen LogP contribution in [0.25, 0.3) is 0 Å². The van der Waals surface area contributed by atoms with Crippen LogP contribution in [0.4, 0.5) is 0 Å². The molecule has 1 aliphatic carbocycles. The largest absolute Gasteiger partial charge is 0.345 e. The minimum atomic E-state index is -3.78. The van der Waals surface area contributed by atoms with Crippen LogP contribution in [0.2, 0.25) is 0 Å². The maximum atomic E-state index is 12.9. The van der Waals surface area contributed by atoms with Crippen LogP contribution in [0.3, 0.4) is 0 Å². The Balaban J connectivity index is 1.80. The highest BCUT2D eigenvalue weighted by Gasteiger charge is 2.23. The minimum Gasteiger partial charge on any atom is -0.345 e. The molecule has 1 atom stereocenters. The Hall–Kier alpha value is -2.12. The number of nitrogens with two attached hydrogens (primary N) is 1. The van der Waals surface area contributed by atoms with Crippen LogP contribution >= 0.6 is 0 Å². The van der Waals surface area contributed by atoms with Crippen LogP contribution in [-0.2, 0) is 10.0 Å². The van der Waals surface area contributed by atoms with Gasteiger partial charge in [0.1, 0.15) is 0 Å². The van der Waals surface area contributed by atoms with Gasteiger partial charge >= 0.3 is 0 Å². The van der Waals surface area contributed by atoms with Crippen LogP contribution in [-0.4, -0.2) is 18.9 Å². The van der Waals surface area contributed by atoms with Crippen molar-refractivity contribution in [2.45, 2.75) is 69.9 Å². The van der Waals surface area contributed by atoms with Gasteiger partial charge < -0.3 is 9.88 Å². The van der Waals surface area contributed by atoms with Gasteiger partial charge in [-0.1, -0.05) is 31.4 Å². The lowest BCUT2D eigenvalue weighted by molar-refractivity contribution is 0.0939. The Kier molecular flexibility index (Phi) is 5.95. The smallest absolute Gasteiger partial charge is 0.253 e. The zero-order valence-corrected chi connectivity index (χ0v) is 17.6. The molecule has 152 valence electrons. The fourth-order valence-electron chi connectivity index (χ4n) is 4.23. The minimum absolute atomic E-state index is 0.0431. The summed E-state index contributed by atoms with van der Waals surface area (Å²) >= 11 is 0. The third kappa shape index (κ3) is 4.31. The number of nitrogens with zero attached hydrogens (tertiary/aromatic N) is 1. The Bertz CT molecular complexity index is 973. The average molecular weight is 404 g/mol. The predicted octanol–water partition coefficient (Wildman–Crippen LogP) is 3.75. The van der Waals surface area contributed by atoms with E-state index in [-0.39, 0.29) is 16.8 Å². The second-order valence-electron chi connectivity index (χ2n) is 7.76. The average Bonchev–Trinajstić information content (AvgIpc) is 2.96. The molecule has 2 aromatic rings. The van der Waals surface area contributed by atoms with Gasteiger partial charge in [0, 0.05) is 17.4 Å². The van der Waals surface area contributed by atoms with Gasteiger partial charge in [0.2, 0.25) is 10.0 Å². The van der Waals surface area contributed by atoms with E-state index in [4.69, 9.17) is 5.14 Å². The zero-order chi connectivity index (χ0) is 20.5. The topological polar surface area (TPSA) is 94.2 Å². The Labute approximate surface area is 167 Å². The molecular weight excluding hydrogens is 374 g/mol. The number of rotatable bonds is 5. The highest BCUT2D eigenvalue weighted by Crippen LogP contribution is 2.32. The Morgan fingerprint density at radius 3 is 2.50 bits per heavy atom. The van der Waals surface area contributed by atoms with E-state index in [0.717, 1.165) is 24.2 Å². The lowest BCUT2D eigenvalue weighted by Crippen LogP contribution is -2.27. The number of aryl methyl sites for hydroxylation is 1. The van der Waals surface area contributed by atoms with Crippen LogP contribution < -0.4 is 10.5 Å². The molecule has 1 aromatic carbocycles. The number of amides is 1. The maximum absolute atomic E-state index is 12.9. The van der Waals surface area contributed by atoms with E-state index in [1.165, 1.54) is 31.4 Å².